The number of carboxylic acids is 2. The van der Waals surface area contributed by atoms with Crippen LogP contribution in [0.15, 0.2) is 36.4 Å². The molecule has 2 rings (SSSR count). The molecule has 0 aromatic heterocycles. The lowest BCUT2D eigenvalue weighted by molar-refractivity contribution is 0.0686. The summed E-state index contributed by atoms with van der Waals surface area (Å²) in [7, 11) is 0. The number of benzene rings is 2. The van der Waals surface area contributed by atoms with Crippen LogP contribution in [-0.2, 0) is 0 Å². The van der Waals surface area contributed by atoms with E-state index < -0.39 is 11.9 Å². The van der Waals surface area contributed by atoms with Crippen LogP contribution in [0.3, 0.4) is 0 Å². The first kappa shape index (κ1) is 13.4. The topological polar surface area (TPSA) is 127 Å². The van der Waals surface area contributed by atoms with Gasteiger partial charge in [0.15, 0.2) is 0 Å². The Morgan fingerprint density at radius 3 is 1.95 bits per heavy atom. The van der Waals surface area contributed by atoms with Gasteiger partial charge in [0.05, 0.1) is 22.5 Å². The smallest absolute Gasteiger partial charge is 0.338 e. The van der Waals surface area contributed by atoms with E-state index in [0.717, 1.165) is 0 Å². The first-order chi connectivity index (χ1) is 9.41. The lowest BCUT2D eigenvalue weighted by Gasteiger charge is -2.11. The molecular formula is C14H12N2O4. The van der Waals surface area contributed by atoms with E-state index in [0.29, 0.717) is 11.1 Å². The van der Waals surface area contributed by atoms with E-state index in [1.54, 1.807) is 6.07 Å². The van der Waals surface area contributed by atoms with Crippen LogP contribution < -0.4 is 11.5 Å². The summed E-state index contributed by atoms with van der Waals surface area (Å²) in [6.45, 7) is 0. The van der Waals surface area contributed by atoms with Crippen molar-refractivity contribution in [3.63, 3.8) is 0 Å². The first-order valence-corrected chi connectivity index (χ1v) is 5.66. The summed E-state index contributed by atoms with van der Waals surface area (Å²) in [5, 5.41) is 18.1. The van der Waals surface area contributed by atoms with Crippen LogP contribution in [0.1, 0.15) is 20.7 Å². The Bertz CT molecular complexity index is 693. The summed E-state index contributed by atoms with van der Waals surface area (Å²) in [4.78, 5) is 22.1. The van der Waals surface area contributed by atoms with Gasteiger partial charge in [-0.3, -0.25) is 0 Å². The summed E-state index contributed by atoms with van der Waals surface area (Å²) in [6.07, 6.45) is 0. The minimum atomic E-state index is -1.19. The van der Waals surface area contributed by atoms with Crippen molar-refractivity contribution in [2.24, 2.45) is 0 Å². The van der Waals surface area contributed by atoms with Gasteiger partial charge in [-0.1, -0.05) is 18.2 Å². The van der Waals surface area contributed by atoms with Crippen LogP contribution in [-0.4, -0.2) is 22.2 Å². The third kappa shape index (κ3) is 2.26. The number of rotatable bonds is 3. The summed E-state index contributed by atoms with van der Waals surface area (Å²) < 4.78 is 0. The normalized spacial score (nSPS) is 10.2. The van der Waals surface area contributed by atoms with E-state index in [1.165, 1.54) is 30.3 Å². The quantitative estimate of drug-likeness (QED) is 0.632. The van der Waals surface area contributed by atoms with Crippen LogP contribution in [0.25, 0.3) is 11.1 Å². The molecule has 0 amide bonds. The molecule has 0 radical (unpaired) electrons. The molecule has 102 valence electrons. The zero-order chi connectivity index (χ0) is 14.9. The van der Waals surface area contributed by atoms with Crippen LogP contribution in [0, 0.1) is 0 Å². The fourth-order valence-corrected chi connectivity index (χ4v) is 1.90. The predicted molar refractivity (Wildman–Crippen MR) is 74.6 cm³/mol. The molecule has 0 atom stereocenters. The van der Waals surface area contributed by atoms with Gasteiger partial charge in [-0.15, -0.1) is 0 Å². The van der Waals surface area contributed by atoms with Crippen LogP contribution >= 0.6 is 0 Å². The lowest BCUT2D eigenvalue weighted by Crippen LogP contribution is -2.07. The second kappa shape index (κ2) is 4.93. The van der Waals surface area contributed by atoms with E-state index in [1.807, 2.05) is 0 Å². The van der Waals surface area contributed by atoms with Gasteiger partial charge in [-0.2, -0.15) is 0 Å². The molecule has 0 saturated carbocycles. The fourth-order valence-electron chi connectivity index (χ4n) is 1.90. The summed E-state index contributed by atoms with van der Waals surface area (Å²) in [5.74, 6) is -2.24. The maximum atomic E-state index is 11.3. The predicted octanol–water partition coefficient (Wildman–Crippen LogP) is 1.91. The molecule has 20 heavy (non-hydrogen) atoms. The highest BCUT2D eigenvalue weighted by atomic mass is 16.4. The molecule has 0 unspecified atom stereocenters. The van der Waals surface area contributed by atoms with Crippen molar-refractivity contribution < 1.29 is 19.8 Å². The Morgan fingerprint density at radius 2 is 1.45 bits per heavy atom. The van der Waals surface area contributed by atoms with E-state index >= 15 is 0 Å². The highest BCUT2D eigenvalue weighted by Gasteiger charge is 2.17. The molecule has 2 aromatic carbocycles. The van der Waals surface area contributed by atoms with Crippen molar-refractivity contribution in [1.29, 1.82) is 0 Å². The first-order valence-electron chi connectivity index (χ1n) is 5.66. The second-order valence-corrected chi connectivity index (χ2v) is 4.18. The van der Waals surface area contributed by atoms with Crippen molar-refractivity contribution in [1.82, 2.24) is 0 Å². The SMILES string of the molecule is Nc1ccc(-c2ccc(C(=O)O)cc2)c(C(=O)O)c1N. The van der Waals surface area contributed by atoms with Crippen molar-refractivity contribution in [3.8, 4) is 11.1 Å². The minimum absolute atomic E-state index is 0.00249. The van der Waals surface area contributed by atoms with Gasteiger partial charge in [0, 0.05) is 0 Å². The standard InChI is InChI=1S/C14H12N2O4/c15-10-6-5-9(11(12(10)16)14(19)20)7-1-3-8(4-2-7)13(17)18/h1-6H,15-16H2,(H,17,18)(H,19,20). The third-order valence-corrected chi connectivity index (χ3v) is 2.94. The third-order valence-electron chi connectivity index (χ3n) is 2.94. The van der Waals surface area contributed by atoms with Gasteiger partial charge in [-0.05, 0) is 29.3 Å². The molecule has 6 nitrogen and oxygen atoms in total. The van der Waals surface area contributed by atoms with Crippen molar-refractivity contribution >= 4 is 23.3 Å². The Balaban J connectivity index is 2.60. The molecule has 2 aromatic rings. The highest BCUT2D eigenvalue weighted by Crippen LogP contribution is 2.31. The number of hydrogen-bond donors (Lipinski definition) is 4. The summed E-state index contributed by atoms with van der Waals surface area (Å²) in [6, 6.07) is 8.92. The molecular weight excluding hydrogens is 260 g/mol. The Morgan fingerprint density at radius 1 is 0.850 bits per heavy atom. The van der Waals surface area contributed by atoms with Gasteiger partial charge in [0.2, 0.25) is 0 Å². The molecule has 0 bridgehead atoms. The van der Waals surface area contributed by atoms with Crippen LogP contribution in [0.5, 0.6) is 0 Å². The number of aromatic carboxylic acids is 2. The molecule has 0 aliphatic heterocycles. The number of anilines is 2. The second-order valence-electron chi connectivity index (χ2n) is 4.18. The zero-order valence-electron chi connectivity index (χ0n) is 10.3. The number of hydrogen-bond acceptors (Lipinski definition) is 4. The van der Waals surface area contributed by atoms with E-state index in [4.69, 9.17) is 16.6 Å². The molecule has 0 aliphatic carbocycles. The molecule has 0 spiro atoms. The summed E-state index contributed by atoms with van der Waals surface area (Å²) >= 11 is 0. The average molecular weight is 272 g/mol. The molecule has 0 saturated heterocycles. The minimum Gasteiger partial charge on any atom is -0.478 e. The maximum absolute atomic E-state index is 11.3. The highest BCUT2D eigenvalue weighted by molar-refractivity contribution is 6.04. The molecule has 0 heterocycles. The van der Waals surface area contributed by atoms with Gasteiger partial charge in [-0.25, -0.2) is 9.59 Å². The van der Waals surface area contributed by atoms with Gasteiger partial charge >= 0.3 is 11.9 Å². The zero-order valence-corrected chi connectivity index (χ0v) is 10.3. The summed E-state index contributed by atoms with van der Waals surface area (Å²) in [5.41, 5.74) is 12.5. The van der Waals surface area contributed by atoms with Crippen LogP contribution in [0.4, 0.5) is 11.4 Å². The van der Waals surface area contributed by atoms with Crippen LogP contribution in [0.2, 0.25) is 0 Å². The van der Waals surface area contributed by atoms with E-state index in [9.17, 15) is 14.7 Å². The Hall–Kier alpha value is -3.02. The molecule has 0 aliphatic rings. The van der Waals surface area contributed by atoms with E-state index in [-0.39, 0.29) is 22.5 Å². The van der Waals surface area contributed by atoms with Crippen molar-refractivity contribution in [2.45, 2.75) is 0 Å². The van der Waals surface area contributed by atoms with Crippen molar-refractivity contribution in [2.75, 3.05) is 11.5 Å². The fraction of sp³-hybridized carbons (Fsp3) is 0. The number of carbonyl (C=O) groups is 2. The lowest BCUT2D eigenvalue weighted by atomic mass is 9.96. The van der Waals surface area contributed by atoms with Crippen molar-refractivity contribution in [3.05, 3.63) is 47.5 Å². The Labute approximate surface area is 114 Å². The maximum Gasteiger partial charge on any atom is 0.338 e. The number of carboxylic acid groups (broad SMARTS) is 2. The Kier molecular flexibility index (Phi) is 3.30. The van der Waals surface area contributed by atoms with E-state index in [2.05, 4.69) is 0 Å². The average Bonchev–Trinajstić information content (AvgIpc) is 2.41. The molecule has 6 N–H and O–H groups in total. The van der Waals surface area contributed by atoms with Gasteiger partial charge in [0.25, 0.3) is 0 Å². The number of nitrogens with two attached hydrogens (primary N) is 2. The van der Waals surface area contributed by atoms with Gasteiger partial charge in [0.1, 0.15) is 0 Å². The molecule has 0 fully saturated rings. The monoisotopic (exact) mass is 272 g/mol. The largest absolute Gasteiger partial charge is 0.478 e. The number of nitrogen functional groups attached to an aromatic ring is 2. The molecule has 6 heteroatoms. The van der Waals surface area contributed by atoms with Gasteiger partial charge < -0.3 is 21.7 Å².